The maximum atomic E-state index is 12.8. The van der Waals surface area contributed by atoms with Gasteiger partial charge >= 0.3 is 0 Å². The first-order chi connectivity index (χ1) is 14.7. The lowest BCUT2D eigenvalue weighted by Crippen LogP contribution is -2.56. The van der Waals surface area contributed by atoms with Crippen LogP contribution in [0.4, 0.5) is 0 Å². The van der Waals surface area contributed by atoms with Crippen LogP contribution in [0.3, 0.4) is 0 Å². The number of carbonyl (C=O) groups is 1. The van der Waals surface area contributed by atoms with Crippen LogP contribution in [0.25, 0.3) is 0 Å². The minimum Gasteiger partial charge on any atom is -0.379 e. The fourth-order valence-electron chi connectivity index (χ4n) is 5.36. The van der Waals surface area contributed by atoms with E-state index >= 15 is 0 Å². The largest absolute Gasteiger partial charge is 0.379 e. The molecule has 9 heteroatoms. The SMILES string of the molecule is CCNC(=NCC1(N2CCOCC2)CCSC1)NC1CCN(C(=O)C2CCCC2)C1.I. The molecule has 4 rings (SSSR count). The van der Waals surface area contributed by atoms with Crippen molar-refractivity contribution >= 4 is 47.6 Å². The van der Waals surface area contributed by atoms with Crippen LogP contribution in [0, 0.1) is 5.92 Å². The van der Waals surface area contributed by atoms with Crippen molar-refractivity contribution in [1.29, 1.82) is 0 Å². The van der Waals surface area contributed by atoms with Gasteiger partial charge in [0.1, 0.15) is 0 Å². The van der Waals surface area contributed by atoms with E-state index in [1.54, 1.807) is 0 Å². The van der Waals surface area contributed by atoms with E-state index in [-0.39, 0.29) is 35.4 Å². The lowest BCUT2D eigenvalue weighted by molar-refractivity contribution is -0.134. The second kappa shape index (κ2) is 12.3. The highest BCUT2D eigenvalue weighted by Crippen LogP contribution is 2.34. The number of nitrogens with one attached hydrogen (secondary N) is 2. The van der Waals surface area contributed by atoms with Gasteiger partial charge in [-0.15, -0.1) is 24.0 Å². The van der Waals surface area contributed by atoms with E-state index in [0.29, 0.717) is 11.9 Å². The van der Waals surface area contributed by atoms with E-state index in [0.717, 1.165) is 83.5 Å². The Balaban J connectivity index is 0.00000272. The van der Waals surface area contributed by atoms with E-state index < -0.39 is 0 Å². The smallest absolute Gasteiger partial charge is 0.225 e. The molecule has 1 aliphatic carbocycles. The molecule has 178 valence electrons. The molecule has 31 heavy (non-hydrogen) atoms. The van der Waals surface area contributed by atoms with Gasteiger partial charge in [-0.05, 0) is 38.4 Å². The summed E-state index contributed by atoms with van der Waals surface area (Å²) in [6, 6.07) is 0.297. The molecule has 0 aromatic heterocycles. The predicted molar refractivity (Wildman–Crippen MR) is 139 cm³/mol. The molecule has 2 N–H and O–H groups in total. The number of nitrogens with zero attached hydrogens (tertiary/aromatic N) is 3. The van der Waals surface area contributed by atoms with Gasteiger partial charge in [0.25, 0.3) is 0 Å². The first-order valence-electron chi connectivity index (χ1n) is 11.9. The molecular weight excluding hydrogens is 525 g/mol. The number of thioether (sulfide) groups is 1. The van der Waals surface area contributed by atoms with Gasteiger partial charge in [0.15, 0.2) is 5.96 Å². The molecule has 1 amide bonds. The fourth-order valence-corrected chi connectivity index (χ4v) is 6.82. The zero-order valence-electron chi connectivity index (χ0n) is 18.9. The van der Waals surface area contributed by atoms with Crippen LogP contribution in [0.2, 0.25) is 0 Å². The summed E-state index contributed by atoms with van der Waals surface area (Å²) in [5.74, 6) is 3.94. The number of guanidine groups is 1. The highest BCUT2D eigenvalue weighted by molar-refractivity contribution is 14.0. The predicted octanol–water partition coefficient (Wildman–Crippen LogP) is 2.16. The molecule has 4 fully saturated rings. The monoisotopic (exact) mass is 565 g/mol. The van der Waals surface area contributed by atoms with Gasteiger partial charge in [0.05, 0.1) is 25.3 Å². The molecule has 0 radical (unpaired) electrons. The molecule has 0 aromatic rings. The second-order valence-corrected chi connectivity index (χ2v) is 10.3. The highest BCUT2D eigenvalue weighted by Gasteiger charge is 2.41. The first kappa shape index (κ1) is 25.4. The molecule has 1 saturated carbocycles. The van der Waals surface area contributed by atoms with E-state index in [9.17, 15) is 4.79 Å². The molecule has 0 bridgehead atoms. The van der Waals surface area contributed by atoms with Crippen molar-refractivity contribution in [2.75, 3.05) is 64.0 Å². The molecule has 4 aliphatic rings. The topological polar surface area (TPSA) is 69.2 Å². The number of likely N-dealkylation sites (tertiary alicyclic amines) is 1. The van der Waals surface area contributed by atoms with Crippen LogP contribution in [-0.4, -0.2) is 97.2 Å². The Kier molecular flexibility index (Phi) is 10.0. The summed E-state index contributed by atoms with van der Waals surface area (Å²) in [7, 11) is 0. The summed E-state index contributed by atoms with van der Waals surface area (Å²) in [4.78, 5) is 22.5. The van der Waals surface area contributed by atoms with Gasteiger partial charge in [-0.2, -0.15) is 11.8 Å². The summed E-state index contributed by atoms with van der Waals surface area (Å²) in [6.45, 7) is 9.18. The van der Waals surface area contributed by atoms with Crippen molar-refractivity contribution in [3.63, 3.8) is 0 Å². The third kappa shape index (κ3) is 6.41. The fraction of sp³-hybridized carbons (Fsp3) is 0.909. The molecule has 3 heterocycles. The lowest BCUT2D eigenvalue weighted by Gasteiger charge is -2.42. The number of morpholine rings is 1. The van der Waals surface area contributed by atoms with Gasteiger partial charge < -0.3 is 20.3 Å². The van der Waals surface area contributed by atoms with Crippen LogP contribution in [0.1, 0.15) is 45.4 Å². The van der Waals surface area contributed by atoms with E-state index in [4.69, 9.17) is 9.73 Å². The standard InChI is InChI=1S/C22H39N5O2S.HI/c1-2-23-21(24-16-22(8-14-30-17-22)27-10-12-29-13-11-27)25-19-7-9-26(15-19)20(28)18-5-3-4-6-18;/h18-19H,2-17H2,1H3,(H2,23,24,25);1H. The molecule has 0 spiro atoms. The van der Waals surface area contributed by atoms with Crippen molar-refractivity contribution in [2.45, 2.75) is 57.0 Å². The third-order valence-corrected chi connectivity index (χ3v) is 8.42. The average Bonchev–Trinajstić information content (AvgIpc) is 3.55. The number of hydrogen-bond acceptors (Lipinski definition) is 5. The molecule has 3 aliphatic heterocycles. The van der Waals surface area contributed by atoms with Crippen LogP contribution >= 0.6 is 35.7 Å². The van der Waals surface area contributed by atoms with Crippen LogP contribution in [-0.2, 0) is 9.53 Å². The molecule has 7 nitrogen and oxygen atoms in total. The van der Waals surface area contributed by atoms with Crippen molar-refractivity contribution in [3.8, 4) is 0 Å². The van der Waals surface area contributed by atoms with Gasteiger partial charge in [-0.25, -0.2) is 0 Å². The Morgan fingerprint density at radius 2 is 1.97 bits per heavy atom. The average molecular weight is 566 g/mol. The van der Waals surface area contributed by atoms with Crippen molar-refractivity contribution in [1.82, 2.24) is 20.4 Å². The first-order valence-corrected chi connectivity index (χ1v) is 13.1. The normalized spacial score (nSPS) is 30.4. The van der Waals surface area contributed by atoms with Crippen LogP contribution < -0.4 is 10.6 Å². The van der Waals surface area contributed by atoms with E-state index in [1.807, 2.05) is 0 Å². The number of ether oxygens (including phenoxy) is 1. The number of aliphatic imine (C=N–C) groups is 1. The summed E-state index contributed by atoms with van der Waals surface area (Å²) >= 11 is 2.05. The summed E-state index contributed by atoms with van der Waals surface area (Å²) < 4.78 is 5.58. The summed E-state index contributed by atoms with van der Waals surface area (Å²) in [6.07, 6.45) is 6.80. The van der Waals surface area contributed by atoms with Gasteiger partial charge in [0.2, 0.25) is 5.91 Å². The number of halogens is 1. The summed E-state index contributed by atoms with van der Waals surface area (Å²) in [5.41, 5.74) is 0.164. The Hall–Kier alpha value is -0.260. The van der Waals surface area contributed by atoms with Crippen LogP contribution in [0.5, 0.6) is 0 Å². The number of carbonyl (C=O) groups excluding carboxylic acids is 1. The third-order valence-electron chi connectivity index (χ3n) is 7.19. The zero-order valence-corrected chi connectivity index (χ0v) is 22.1. The number of hydrogen-bond donors (Lipinski definition) is 2. The minimum absolute atomic E-state index is 0. The Labute approximate surface area is 208 Å². The lowest BCUT2D eigenvalue weighted by atomic mass is 9.96. The molecular formula is C22H40IN5O2S. The van der Waals surface area contributed by atoms with E-state index in [1.165, 1.54) is 25.0 Å². The Bertz CT molecular complexity index is 605. The number of amides is 1. The number of rotatable bonds is 6. The van der Waals surface area contributed by atoms with Gasteiger partial charge in [0, 0.05) is 50.4 Å². The van der Waals surface area contributed by atoms with E-state index in [2.05, 4.69) is 39.1 Å². The van der Waals surface area contributed by atoms with Crippen molar-refractivity contribution in [3.05, 3.63) is 0 Å². The van der Waals surface area contributed by atoms with Gasteiger partial charge in [-0.3, -0.25) is 14.7 Å². The molecule has 2 atom stereocenters. The maximum Gasteiger partial charge on any atom is 0.225 e. The van der Waals surface area contributed by atoms with Crippen molar-refractivity contribution in [2.24, 2.45) is 10.9 Å². The molecule has 0 aromatic carbocycles. The Morgan fingerprint density at radius 3 is 2.65 bits per heavy atom. The Morgan fingerprint density at radius 1 is 1.19 bits per heavy atom. The summed E-state index contributed by atoms with van der Waals surface area (Å²) in [5, 5.41) is 7.07. The van der Waals surface area contributed by atoms with Gasteiger partial charge in [-0.1, -0.05) is 12.8 Å². The highest BCUT2D eigenvalue weighted by atomic mass is 127. The zero-order chi connectivity index (χ0) is 20.8. The minimum atomic E-state index is 0. The quantitative estimate of drug-likeness (QED) is 0.293. The molecule has 3 saturated heterocycles. The second-order valence-electron chi connectivity index (χ2n) is 9.22. The molecule has 2 unspecified atom stereocenters. The van der Waals surface area contributed by atoms with Crippen molar-refractivity contribution < 1.29 is 9.53 Å². The maximum absolute atomic E-state index is 12.8. The van der Waals surface area contributed by atoms with Crippen LogP contribution in [0.15, 0.2) is 4.99 Å².